The average Bonchev–Trinajstić information content (AvgIpc) is 3.20. The van der Waals surface area contributed by atoms with Crippen molar-refractivity contribution in [2.75, 3.05) is 0 Å². The minimum atomic E-state index is -0.485. The van der Waals surface area contributed by atoms with E-state index in [-0.39, 0.29) is 17.6 Å². The lowest BCUT2D eigenvalue weighted by molar-refractivity contribution is -0.385. The molecule has 2 fully saturated rings. The van der Waals surface area contributed by atoms with Crippen molar-refractivity contribution in [3.05, 3.63) is 22.5 Å². The van der Waals surface area contributed by atoms with Gasteiger partial charge in [-0.25, -0.2) is 0 Å². The van der Waals surface area contributed by atoms with E-state index < -0.39 is 4.92 Å². The quantitative estimate of drug-likeness (QED) is 0.644. The topological polar surface area (TPSA) is 90.1 Å². The van der Waals surface area contributed by atoms with Gasteiger partial charge in [0.15, 0.2) is 0 Å². The standard InChI is InChI=1S/C15H22N4O3/c1-10(14-7-11-2-3-12(14)6-11)17-15(20)4-5-18-9-13(8-16-18)19(21)22/h8-12,14H,2-7H2,1H3,(H,17,20)/t10-,11+,12+,14+/m0/s1. The summed E-state index contributed by atoms with van der Waals surface area (Å²) in [6.07, 6.45) is 8.11. The highest BCUT2D eigenvalue weighted by Gasteiger charge is 2.42. The predicted molar refractivity (Wildman–Crippen MR) is 80.0 cm³/mol. The van der Waals surface area contributed by atoms with Crippen molar-refractivity contribution in [1.29, 1.82) is 0 Å². The summed E-state index contributed by atoms with van der Waals surface area (Å²) in [7, 11) is 0. The molecular weight excluding hydrogens is 284 g/mol. The van der Waals surface area contributed by atoms with Gasteiger partial charge in [0.2, 0.25) is 5.91 Å². The van der Waals surface area contributed by atoms with Crippen LogP contribution >= 0.6 is 0 Å². The fourth-order valence-electron chi connectivity index (χ4n) is 4.12. The SMILES string of the molecule is C[C@H](NC(=O)CCn1cc([N+](=O)[O-])cn1)[C@H]1C[C@@H]2CC[C@@H]1C2. The molecule has 0 aliphatic heterocycles. The molecule has 1 N–H and O–H groups in total. The first-order valence-electron chi connectivity index (χ1n) is 7.99. The molecule has 1 aromatic rings. The Balaban J connectivity index is 1.45. The van der Waals surface area contributed by atoms with Crippen molar-refractivity contribution in [2.24, 2.45) is 17.8 Å². The number of carbonyl (C=O) groups is 1. The van der Waals surface area contributed by atoms with Crippen LogP contribution in [0.3, 0.4) is 0 Å². The number of aromatic nitrogens is 2. The Bertz CT molecular complexity index is 571. The minimum absolute atomic E-state index is 0.00609. The molecule has 120 valence electrons. The summed E-state index contributed by atoms with van der Waals surface area (Å²) in [4.78, 5) is 22.1. The highest BCUT2D eigenvalue weighted by molar-refractivity contribution is 5.76. The third-order valence-corrected chi connectivity index (χ3v) is 5.22. The Kier molecular flexibility index (Phi) is 4.13. The summed E-state index contributed by atoms with van der Waals surface area (Å²) in [6, 6.07) is 0.217. The number of rotatable bonds is 6. The van der Waals surface area contributed by atoms with Crippen LogP contribution in [0, 0.1) is 27.9 Å². The van der Waals surface area contributed by atoms with Crippen LogP contribution in [0.25, 0.3) is 0 Å². The second-order valence-corrected chi connectivity index (χ2v) is 6.66. The van der Waals surface area contributed by atoms with E-state index in [0.717, 1.165) is 11.8 Å². The van der Waals surface area contributed by atoms with E-state index in [0.29, 0.717) is 18.9 Å². The smallest absolute Gasteiger partial charge is 0.306 e. The highest BCUT2D eigenvalue weighted by atomic mass is 16.6. The molecule has 4 atom stereocenters. The second kappa shape index (κ2) is 6.06. The van der Waals surface area contributed by atoms with Crippen LogP contribution in [0.4, 0.5) is 5.69 Å². The van der Waals surface area contributed by atoms with Gasteiger partial charge in [0.1, 0.15) is 12.4 Å². The maximum atomic E-state index is 12.0. The molecule has 1 aromatic heterocycles. The first kappa shape index (κ1) is 15.0. The van der Waals surface area contributed by atoms with Crippen molar-refractivity contribution in [3.63, 3.8) is 0 Å². The molecule has 0 spiro atoms. The van der Waals surface area contributed by atoms with E-state index in [4.69, 9.17) is 0 Å². The predicted octanol–water partition coefficient (Wildman–Crippen LogP) is 2.12. The zero-order chi connectivity index (χ0) is 15.7. The van der Waals surface area contributed by atoms with Gasteiger partial charge in [-0.1, -0.05) is 6.42 Å². The van der Waals surface area contributed by atoms with Crippen LogP contribution in [0.5, 0.6) is 0 Å². The molecule has 0 unspecified atom stereocenters. The van der Waals surface area contributed by atoms with E-state index in [9.17, 15) is 14.9 Å². The molecule has 7 nitrogen and oxygen atoms in total. The number of hydrogen-bond acceptors (Lipinski definition) is 4. The zero-order valence-electron chi connectivity index (χ0n) is 12.8. The van der Waals surface area contributed by atoms with Crippen molar-refractivity contribution in [2.45, 2.75) is 51.6 Å². The maximum absolute atomic E-state index is 12.0. The Labute approximate surface area is 129 Å². The number of aryl methyl sites for hydroxylation is 1. The van der Waals surface area contributed by atoms with Crippen molar-refractivity contribution < 1.29 is 9.72 Å². The third-order valence-electron chi connectivity index (χ3n) is 5.22. The van der Waals surface area contributed by atoms with Gasteiger partial charge in [-0.3, -0.25) is 19.6 Å². The van der Waals surface area contributed by atoms with Gasteiger partial charge in [0.05, 0.1) is 4.92 Å². The molecule has 1 amide bonds. The van der Waals surface area contributed by atoms with Crippen LogP contribution < -0.4 is 5.32 Å². The van der Waals surface area contributed by atoms with E-state index in [1.54, 1.807) is 0 Å². The van der Waals surface area contributed by atoms with Crippen molar-refractivity contribution in [1.82, 2.24) is 15.1 Å². The summed E-state index contributed by atoms with van der Waals surface area (Å²) < 4.78 is 1.44. The number of carbonyl (C=O) groups excluding carboxylic acids is 1. The maximum Gasteiger partial charge on any atom is 0.306 e. The lowest BCUT2D eigenvalue weighted by Crippen LogP contribution is -2.40. The van der Waals surface area contributed by atoms with Crippen molar-refractivity contribution >= 4 is 11.6 Å². The molecule has 2 aliphatic rings. The molecule has 0 saturated heterocycles. The molecule has 7 heteroatoms. The van der Waals surface area contributed by atoms with Crippen LogP contribution in [0.15, 0.2) is 12.4 Å². The molecular formula is C15H22N4O3. The molecule has 0 radical (unpaired) electrons. The minimum Gasteiger partial charge on any atom is -0.353 e. The molecule has 2 aliphatic carbocycles. The molecule has 2 bridgehead atoms. The third kappa shape index (κ3) is 3.13. The highest BCUT2D eigenvalue weighted by Crippen LogP contribution is 2.49. The summed E-state index contributed by atoms with van der Waals surface area (Å²) in [5.74, 6) is 2.27. The summed E-state index contributed by atoms with van der Waals surface area (Å²) in [5, 5.41) is 17.6. The number of amides is 1. The number of hydrogen-bond donors (Lipinski definition) is 1. The Morgan fingerprint density at radius 2 is 2.36 bits per heavy atom. The lowest BCUT2D eigenvalue weighted by Gasteiger charge is -2.28. The van der Waals surface area contributed by atoms with Gasteiger partial charge < -0.3 is 5.32 Å². The Hall–Kier alpha value is -1.92. The average molecular weight is 306 g/mol. The summed E-state index contributed by atoms with van der Waals surface area (Å²) >= 11 is 0. The van der Waals surface area contributed by atoms with Crippen molar-refractivity contribution in [3.8, 4) is 0 Å². The van der Waals surface area contributed by atoms with E-state index in [1.165, 1.54) is 42.8 Å². The number of fused-ring (bicyclic) bond motifs is 2. The first-order chi connectivity index (χ1) is 10.5. The Morgan fingerprint density at radius 1 is 1.55 bits per heavy atom. The van der Waals surface area contributed by atoms with E-state index in [2.05, 4.69) is 17.3 Å². The monoisotopic (exact) mass is 306 g/mol. The van der Waals surface area contributed by atoms with Gasteiger partial charge in [-0.2, -0.15) is 5.10 Å². The van der Waals surface area contributed by atoms with Crippen LogP contribution in [-0.4, -0.2) is 26.7 Å². The van der Waals surface area contributed by atoms with Gasteiger partial charge in [0.25, 0.3) is 0 Å². The summed E-state index contributed by atoms with van der Waals surface area (Å²) in [5.41, 5.74) is -0.0456. The zero-order valence-corrected chi connectivity index (χ0v) is 12.8. The van der Waals surface area contributed by atoms with Gasteiger partial charge >= 0.3 is 5.69 Å². The molecule has 22 heavy (non-hydrogen) atoms. The number of nitro groups is 1. The van der Waals surface area contributed by atoms with E-state index >= 15 is 0 Å². The lowest BCUT2D eigenvalue weighted by atomic mass is 9.84. The fraction of sp³-hybridized carbons (Fsp3) is 0.733. The van der Waals surface area contributed by atoms with Crippen LogP contribution in [0.2, 0.25) is 0 Å². The molecule has 0 aromatic carbocycles. The van der Waals surface area contributed by atoms with E-state index in [1.807, 2.05) is 0 Å². The first-order valence-corrected chi connectivity index (χ1v) is 7.99. The van der Waals surface area contributed by atoms with Gasteiger partial charge in [-0.15, -0.1) is 0 Å². The second-order valence-electron chi connectivity index (χ2n) is 6.66. The number of nitrogens with one attached hydrogen (secondary N) is 1. The summed E-state index contributed by atoms with van der Waals surface area (Å²) in [6.45, 7) is 2.46. The normalized spacial score (nSPS) is 27.8. The van der Waals surface area contributed by atoms with Crippen LogP contribution in [0.1, 0.15) is 39.0 Å². The largest absolute Gasteiger partial charge is 0.353 e. The number of nitrogens with zero attached hydrogens (tertiary/aromatic N) is 3. The molecule has 1 heterocycles. The van der Waals surface area contributed by atoms with Gasteiger partial charge in [-0.05, 0) is 43.9 Å². The Morgan fingerprint density at radius 3 is 2.95 bits per heavy atom. The fourth-order valence-corrected chi connectivity index (χ4v) is 4.12. The molecule has 2 saturated carbocycles. The van der Waals surface area contributed by atoms with Crippen LogP contribution in [-0.2, 0) is 11.3 Å². The van der Waals surface area contributed by atoms with Gasteiger partial charge in [0, 0.05) is 19.0 Å². The molecule has 3 rings (SSSR count).